The molecule has 1 heteroatoms. The molecule has 1 nitrogen and oxygen atoms in total. The van der Waals surface area contributed by atoms with Crippen molar-refractivity contribution in [2.75, 3.05) is 6.54 Å². The molecule has 1 atom stereocenters. The molecule has 0 rings (SSSR count). The van der Waals surface area contributed by atoms with Crippen molar-refractivity contribution < 1.29 is 5.73 Å². The van der Waals surface area contributed by atoms with Crippen LogP contribution >= 0.6 is 0 Å². The zero-order valence-electron chi connectivity index (χ0n) is 7.97. The highest BCUT2D eigenvalue weighted by Gasteiger charge is 1.95. The summed E-state index contributed by atoms with van der Waals surface area (Å²) < 4.78 is 0. The summed E-state index contributed by atoms with van der Waals surface area (Å²) in [5, 5.41) is 0. The molecule has 0 saturated carbocycles. The van der Waals surface area contributed by atoms with E-state index in [1.54, 1.807) is 0 Å². The van der Waals surface area contributed by atoms with E-state index in [-0.39, 0.29) is 0 Å². The Bertz CT molecular complexity index is 97.0. The number of unbranched alkanes of at least 4 members (excludes halogenated alkanes) is 2. The molecule has 0 radical (unpaired) electrons. The van der Waals surface area contributed by atoms with Crippen LogP contribution in [-0.4, -0.2) is 6.54 Å². The summed E-state index contributed by atoms with van der Waals surface area (Å²) in [5.41, 5.74) is 3.82. The van der Waals surface area contributed by atoms with E-state index in [1.807, 2.05) is 0 Å². The second-order valence-corrected chi connectivity index (χ2v) is 3.21. The second-order valence-electron chi connectivity index (χ2n) is 3.21. The maximum Gasteiger partial charge on any atom is 0.0739 e. The summed E-state index contributed by atoms with van der Waals surface area (Å²) in [6.45, 7) is 5.47. The molecule has 0 fully saturated rings. The summed E-state index contributed by atoms with van der Waals surface area (Å²) in [5.74, 6) is 0.768. The van der Waals surface area contributed by atoms with Crippen LogP contribution < -0.4 is 5.73 Å². The van der Waals surface area contributed by atoms with Gasteiger partial charge in [0.15, 0.2) is 0 Å². The van der Waals surface area contributed by atoms with Gasteiger partial charge in [-0.1, -0.05) is 25.5 Å². The molecule has 0 spiro atoms. The molecule has 0 heterocycles. The largest absolute Gasteiger partial charge is 0.358 e. The van der Waals surface area contributed by atoms with E-state index in [2.05, 4.69) is 31.7 Å². The number of allylic oxidation sites excluding steroid dienone is 2. The smallest absolute Gasteiger partial charge is 0.0739 e. The van der Waals surface area contributed by atoms with Gasteiger partial charge >= 0.3 is 0 Å². The third kappa shape index (κ3) is 7.60. The molecule has 0 aromatic rings. The summed E-state index contributed by atoms with van der Waals surface area (Å²) in [6.07, 6.45) is 9.77. The minimum absolute atomic E-state index is 0.768. The monoisotopic (exact) mass is 156 g/mol. The SMILES string of the molecule is C/C=C\[C@@H](C)CCCCC[NH3+]. The van der Waals surface area contributed by atoms with Crippen LogP contribution in [0.4, 0.5) is 0 Å². The highest BCUT2D eigenvalue weighted by Crippen LogP contribution is 2.09. The van der Waals surface area contributed by atoms with E-state index < -0.39 is 0 Å². The molecule has 0 aliphatic carbocycles. The van der Waals surface area contributed by atoms with Crippen molar-refractivity contribution in [3.05, 3.63) is 12.2 Å². The fourth-order valence-corrected chi connectivity index (χ4v) is 1.24. The van der Waals surface area contributed by atoms with Crippen LogP contribution in [0, 0.1) is 5.92 Å². The first kappa shape index (κ1) is 10.7. The second kappa shape index (κ2) is 7.80. The molecule has 0 saturated heterocycles. The molecule has 0 unspecified atom stereocenters. The van der Waals surface area contributed by atoms with Gasteiger partial charge in [0.1, 0.15) is 0 Å². The van der Waals surface area contributed by atoms with Gasteiger partial charge < -0.3 is 5.73 Å². The summed E-state index contributed by atoms with van der Waals surface area (Å²) >= 11 is 0. The highest BCUT2D eigenvalue weighted by atomic mass is 14.5. The molecule has 0 aliphatic rings. The molecule has 66 valence electrons. The van der Waals surface area contributed by atoms with Crippen molar-refractivity contribution >= 4 is 0 Å². The molecular weight excluding hydrogens is 134 g/mol. The summed E-state index contributed by atoms with van der Waals surface area (Å²) in [7, 11) is 0. The van der Waals surface area contributed by atoms with Gasteiger partial charge in [-0.25, -0.2) is 0 Å². The zero-order chi connectivity index (χ0) is 8.53. The maximum atomic E-state index is 3.82. The van der Waals surface area contributed by atoms with E-state index in [1.165, 1.54) is 25.7 Å². The Kier molecular flexibility index (Phi) is 7.59. The predicted molar refractivity (Wildman–Crippen MR) is 50.2 cm³/mol. The van der Waals surface area contributed by atoms with Crippen LogP contribution in [0.3, 0.4) is 0 Å². The first-order chi connectivity index (χ1) is 5.31. The number of quaternary nitrogens is 1. The Morgan fingerprint density at radius 3 is 2.55 bits per heavy atom. The normalized spacial score (nSPS) is 14.1. The topological polar surface area (TPSA) is 27.6 Å². The van der Waals surface area contributed by atoms with Gasteiger partial charge in [-0.05, 0) is 32.1 Å². The minimum atomic E-state index is 0.768. The van der Waals surface area contributed by atoms with E-state index in [4.69, 9.17) is 0 Å². The maximum absolute atomic E-state index is 3.82. The molecule has 0 aromatic heterocycles. The van der Waals surface area contributed by atoms with Gasteiger partial charge in [0.25, 0.3) is 0 Å². The minimum Gasteiger partial charge on any atom is -0.358 e. The molecule has 0 aromatic carbocycles. The standard InChI is InChI=1S/C10H21N/c1-3-7-10(2)8-5-4-6-9-11/h3,7,10H,4-6,8-9,11H2,1-2H3/p+1/b7-3-/t10-/m1/s1. The number of hydrogen-bond donors (Lipinski definition) is 1. The van der Waals surface area contributed by atoms with Gasteiger partial charge in [-0.2, -0.15) is 0 Å². The first-order valence-corrected chi connectivity index (χ1v) is 4.73. The average molecular weight is 156 g/mol. The van der Waals surface area contributed by atoms with E-state index in [9.17, 15) is 0 Å². The number of hydrogen-bond acceptors (Lipinski definition) is 0. The van der Waals surface area contributed by atoms with Gasteiger partial charge in [0, 0.05) is 0 Å². The lowest BCUT2D eigenvalue weighted by Gasteiger charge is -2.03. The Morgan fingerprint density at radius 1 is 1.27 bits per heavy atom. The number of rotatable bonds is 6. The fraction of sp³-hybridized carbons (Fsp3) is 0.800. The third-order valence-corrected chi connectivity index (χ3v) is 1.93. The molecule has 3 N–H and O–H groups in total. The van der Waals surface area contributed by atoms with Crippen LogP contribution in [0.1, 0.15) is 39.5 Å². The van der Waals surface area contributed by atoms with Crippen molar-refractivity contribution in [1.82, 2.24) is 0 Å². The van der Waals surface area contributed by atoms with E-state index in [0.29, 0.717) is 0 Å². The van der Waals surface area contributed by atoms with E-state index >= 15 is 0 Å². The molecule has 0 bridgehead atoms. The van der Waals surface area contributed by atoms with Crippen LogP contribution in [0.5, 0.6) is 0 Å². The van der Waals surface area contributed by atoms with Gasteiger partial charge in [0.2, 0.25) is 0 Å². The highest BCUT2D eigenvalue weighted by molar-refractivity contribution is 4.82. The predicted octanol–water partition coefficient (Wildman–Crippen LogP) is 2.00. The van der Waals surface area contributed by atoms with Crippen molar-refractivity contribution in [1.29, 1.82) is 0 Å². The average Bonchev–Trinajstić information content (AvgIpc) is 1.99. The lowest BCUT2D eigenvalue weighted by atomic mass is 10.0. The van der Waals surface area contributed by atoms with Gasteiger partial charge in [-0.3, -0.25) is 0 Å². The lowest BCUT2D eigenvalue weighted by molar-refractivity contribution is -0.368. The van der Waals surface area contributed by atoms with Crippen LogP contribution in [0.2, 0.25) is 0 Å². The summed E-state index contributed by atoms with van der Waals surface area (Å²) in [4.78, 5) is 0. The van der Waals surface area contributed by atoms with Crippen molar-refractivity contribution in [3.63, 3.8) is 0 Å². The Hall–Kier alpha value is -0.300. The van der Waals surface area contributed by atoms with Crippen molar-refractivity contribution in [2.45, 2.75) is 39.5 Å². The Labute approximate surface area is 70.7 Å². The van der Waals surface area contributed by atoms with Gasteiger partial charge in [0.05, 0.1) is 6.54 Å². The summed E-state index contributed by atoms with van der Waals surface area (Å²) in [6, 6.07) is 0. The van der Waals surface area contributed by atoms with Crippen molar-refractivity contribution in [3.8, 4) is 0 Å². The van der Waals surface area contributed by atoms with Crippen LogP contribution in [0.15, 0.2) is 12.2 Å². The Balaban J connectivity index is 3.10. The third-order valence-electron chi connectivity index (χ3n) is 1.93. The van der Waals surface area contributed by atoms with Crippen LogP contribution in [-0.2, 0) is 0 Å². The molecule has 0 aliphatic heterocycles. The van der Waals surface area contributed by atoms with Gasteiger partial charge in [-0.15, -0.1) is 0 Å². The lowest BCUT2D eigenvalue weighted by Crippen LogP contribution is -2.50. The first-order valence-electron chi connectivity index (χ1n) is 4.73. The fourth-order valence-electron chi connectivity index (χ4n) is 1.24. The quantitative estimate of drug-likeness (QED) is 0.450. The Morgan fingerprint density at radius 2 is 2.00 bits per heavy atom. The van der Waals surface area contributed by atoms with Crippen LogP contribution in [0.25, 0.3) is 0 Å². The zero-order valence-corrected chi connectivity index (χ0v) is 7.97. The molecule has 11 heavy (non-hydrogen) atoms. The molecular formula is C10H22N+. The molecule has 0 amide bonds. The van der Waals surface area contributed by atoms with Crippen molar-refractivity contribution in [2.24, 2.45) is 5.92 Å². The van der Waals surface area contributed by atoms with E-state index in [0.717, 1.165) is 12.5 Å².